The molecule has 1 heterocycles. The second-order valence-electron chi connectivity index (χ2n) is 11.4. The molecule has 0 unspecified atom stereocenters. The fourth-order valence-electron chi connectivity index (χ4n) is 4.59. The number of rotatable bonds is 7. The number of nitrogens with zero attached hydrogens (tertiary/aromatic N) is 3. The Labute approximate surface area is 216 Å². The van der Waals surface area contributed by atoms with E-state index in [1.165, 1.54) is 16.5 Å². The molecular weight excluding hydrogens is 446 g/mol. The van der Waals surface area contributed by atoms with Gasteiger partial charge in [-0.3, -0.25) is 0 Å². The van der Waals surface area contributed by atoms with Crippen LogP contribution in [0.3, 0.4) is 0 Å². The van der Waals surface area contributed by atoms with E-state index in [0.717, 1.165) is 43.7 Å². The Hall–Kier alpha value is -3.07. The highest BCUT2D eigenvalue weighted by atomic mass is 16.5. The average molecular weight is 486 g/mol. The first-order valence-electron chi connectivity index (χ1n) is 12.9. The van der Waals surface area contributed by atoms with E-state index < -0.39 is 5.60 Å². The second kappa shape index (κ2) is 10.5. The minimum absolute atomic E-state index is 0.185. The Morgan fingerprint density at radius 2 is 1.58 bits per heavy atom. The van der Waals surface area contributed by atoms with E-state index in [0.29, 0.717) is 17.9 Å². The number of piperazine rings is 1. The van der Waals surface area contributed by atoms with Crippen molar-refractivity contribution in [2.75, 3.05) is 44.7 Å². The Kier molecular flexibility index (Phi) is 7.59. The van der Waals surface area contributed by atoms with Crippen LogP contribution in [0, 0.1) is 11.3 Å². The number of nitriles is 1. The van der Waals surface area contributed by atoms with E-state index in [4.69, 9.17) is 9.47 Å². The van der Waals surface area contributed by atoms with Gasteiger partial charge in [0, 0.05) is 43.9 Å². The van der Waals surface area contributed by atoms with Gasteiger partial charge in [0.2, 0.25) is 0 Å². The fourth-order valence-corrected chi connectivity index (χ4v) is 4.59. The highest BCUT2D eigenvalue weighted by Gasteiger charge is 2.24. The summed E-state index contributed by atoms with van der Waals surface area (Å²) in [5.41, 5.74) is 3.10. The zero-order chi connectivity index (χ0) is 25.9. The summed E-state index contributed by atoms with van der Waals surface area (Å²) in [6.07, 6.45) is 0.727. The Morgan fingerprint density at radius 3 is 2.28 bits per heavy atom. The second-order valence-corrected chi connectivity index (χ2v) is 11.4. The molecule has 0 N–H and O–H groups in total. The predicted octanol–water partition coefficient (Wildman–Crippen LogP) is 6.49. The molecule has 190 valence electrons. The van der Waals surface area contributed by atoms with Crippen molar-refractivity contribution < 1.29 is 9.47 Å². The molecule has 1 aliphatic rings. The van der Waals surface area contributed by atoms with Crippen molar-refractivity contribution >= 4 is 16.5 Å². The van der Waals surface area contributed by atoms with Crippen LogP contribution in [0.25, 0.3) is 21.9 Å². The third-order valence-corrected chi connectivity index (χ3v) is 6.77. The van der Waals surface area contributed by atoms with Crippen LogP contribution in [0.1, 0.15) is 46.6 Å². The number of benzene rings is 3. The summed E-state index contributed by atoms with van der Waals surface area (Å²) in [5, 5.41) is 12.5. The molecule has 5 nitrogen and oxygen atoms in total. The summed E-state index contributed by atoms with van der Waals surface area (Å²) in [7, 11) is 2.18. The molecule has 5 heteroatoms. The number of hydrogen-bond acceptors (Lipinski definition) is 5. The lowest BCUT2D eigenvalue weighted by Crippen LogP contribution is -2.44. The molecule has 1 saturated heterocycles. The van der Waals surface area contributed by atoms with Crippen molar-refractivity contribution in [2.45, 2.75) is 52.2 Å². The molecule has 0 amide bonds. The van der Waals surface area contributed by atoms with Gasteiger partial charge in [-0.25, -0.2) is 0 Å². The minimum Gasteiger partial charge on any atom is -0.486 e. The van der Waals surface area contributed by atoms with E-state index in [1.54, 1.807) is 0 Å². The maximum absolute atomic E-state index is 10.1. The lowest BCUT2D eigenvalue weighted by atomic mass is 9.96. The number of anilines is 1. The molecule has 1 fully saturated rings. The Morgan fingerprint density at radius 1 is 0.889 bits per heavy atom. The number of ether oxygens (including phenoxy) is 2. The first-order valence-corrected chi connectivity index (χ1v) is 12.9. The van der Waals surface area contributed by atoms with Gasteiger partial charge in [0.25, 0.3) is 0 Å². The Balaban J connectivity index is 1.57. The third-order valence-electron chi connectivity index (χ3n) is 6.77. The normalized spacial score (nSPS) is 15.2. The van der Waals surface area contributed by atoms with Crippen LogP contribution in [0.15, 0.2) is 54.6 Å². The van der Waals surface area contributed by atoms with Gasteiger partial charge < -0.3 is 19.3 Å². The maximum Gasteiger partial charge on any atom is 0.138 e. The lowest BCUT2D eigenvalue weighted by Gasteiger charge is -2.34. The first-order chi connectivity index (χ1) is 17.0. The van der Waals surface area contributed by atoms with Gasteiger partial charge >= 0.3 is 0 Å². The molecule has 4 rings (SSSR count). The summed E-state index contributed by atoms with van der Waals surface area (Å²) in [5.74, 6) is 0.612. The molecule has 0 aliphatic carbocycles. The molecule has 0 radical (unpaired) electrons. The van der Waals surface area contributed by atoms with Crippen molar-refractivity contribution in [1.29, 1.82) is 5.26 Å². The molecule has 0 aromatic heterocycles. The smallest absolute Gasteiger partial charge is 0.138 e. The quantitative estimate of drug-likeness (QED) is 0.383. The van der Waals surface area contributed by atoms with Crippen molar-refractivity contribution in [3.63, 3.8) is 0 Å². The van der Waals surface area contributed by atoms with Gasteiger partial charge in [0.15, 0.2) is 0 Å². The molecule has 1 aliphatic heterocycles. The van der Waals surface area contributed by atoms with Gasteiger partial charge in [0.1, 0.15) is 23.0 Å². The fraction of sp³-hybridized carbons (Fsp3) is 0.452. The summed E-state index contributed by atoms with van der Waals surface area (Å²) >= 11 is 0. The molecule has 0 spiro atoms. The van der Waals surface area contributed by atoms with Gasteiger partial charge in [0.05, 0.1) is 12.2 Å². The maximum atomic E-state index is 10.1. The predicted molar refractivity (Wildman–Crippen MR) is 149 cm³/mol. The molecule has 0 atom stereocenters. The zero-order valence-electron chi connectivity index (χ0n) is 22.6. The summed E-state index contributed by atoms with van der Waals surface area (Å²) in [4.78, 5) is 4.82. The van der Waals surface area contributed by atoms with Gasteiger partial charge in [-0.1, -0.05) is 30.3 Å². The number of hydrogen-bond donors (Lipinski definition) is 0. The zero-order valence-corrected chi connectivity index (χ0v) is 22.6. The summed E-state index contributed by atoms with van der Waals surface area (Å²) in [6, 6.07) is 21.4. The van der Waals surface area contributed by atoms with Crippen molar-refractivity contribution in [1.82, 2.24) is 4.90 Å². The van der Waals surface area contributed by atoms with Crippen LogP contribution in [0.2, 0.25) is 0 Å². The largest absolute Gasteiger partial charge is 0.486 e. The topological polar surface area (TPSA) is 48.7 Å². The van der Waals surface area contributed by atoms with E-state index in [1.807, 2.05) is 32.0 Å². The molecule has 0 bridgehead atoms. The first kappa shape index (κ1) is 26.0. The van der Waals surface area contributed by atoms with Gasteiger partial charge in [-0.05, 0) is 82.3 Å². The van der Waals surface area contributed by atoms with Gasteiger partial charge in [-0.2, -0.15) is 5.26 Å². The van der Waals surface area contributed by atoms with Crippen molar-refractivity contribution in [2.24, 2.45) is 0 Å². The lowest BCUT2D eigenvalue weighted by molar-refractivity contribution is -0.0293. The standard InChI is InChI=1S/C31H39N3O2/c1-30(2,3)35-19-14-31(4,5)36-29-9-7-8-27(28(29)22-32)25-11-10-24-21-26(13-12-23(24)20-25)34-17-15-33(6)16-18-34/h7-13,20-21H,14-19H2,1-6H3. The SMILES string of the molecule is CN1CCN(c2ccc3cc(-c4cccc(OC(C)(C)CCOC(C)(C)C)c4C#N)ccc3c2)CC1. The van der Waals surface area contributed by atoms with Crippen LogP contribution in [0.5, 0.6) is 5.75 Å². The van der Waals surface area contributed by atoms with E-state index in [-0.39, 0.29) is 5.60 Å². The molecular formula is C31H39N3O2. The van der Waals surface area contributed by atoms with E-state index in [2.05, 4.69) is 80.1 Å². The monoisotopic (exact) mass is 485 g/mol. The van der Waals surface area contributed by atoms with Crippen LogP contribution in [-0.4, -0.2) is 55.9 Å². The van der Waals surface area contributed by atoms with Crippen LogP contribution in [-0.2, 0) is 4.74 Å². The molecule has 0 saturated carbocycles. The number of fused-ring (bicyclic) bond motifs is 1. The van der Waals surface area contributed by atoms with Crippen molar-refractivity contribution in [3.8, 4) is 22.9 Å². The Bertz CT molecular complexity index is 1240. The minimum atomic E-state index is -0.460. The van der Waals surface area contributed by atoms with Crippen LogP contribution < -0.4 is 9.64 Å². The summed E-state index contributed by atoms with van der Waals surface area (Å²) < 4.78 is 12.3. The molecule has 3 aromatic rings. The van der Waals surface area contributed by atoms with Crippen molar-refractivity contribution in [3.05, 3.63) is 60.2 Å². The third kappa shape index (κ3) is 6.37. The van der Waals surface area contributed by atoms with Gasteiger partial charge in [-0.15, -0.1) is 0 Å². The molecule has 36 heavy (non-hydrogen) atoms. The molecule has 3 aromatic carbocycles. The van der Waals surface area contributed by atoms with Crippen LogP contribution in [0.4, 0.5) is 5.69 Å². The number of likely N-dealkylation sites (N-methyl/N-ethyl adjacent to an activating group) is 1. The summed E-state index contributed by atoms with van der Waals surface area (Å²) in [6.45, 7) is 15.1. The van der Waals surface area contributed by atoms with E-state index >= 15 is 0 Å². The van der Waals surface area contributed by atoms with Crippen LogP contribution >= 0.6 is 0 Å². The van der Waals surface area contributed by atoms with E-state index in [9.17, 15) is 5.26 Å². The highest BCUT2D eigenvalue weighted by molar-refractivity contribution is 5.91. The average Bonchev–Trinajstić information content (AvgIpc) is 2.82. The highest BCUT2D eigenvalue weighted by Crippen LogP contribution is 2.35.